The van der Waals surface area contributed by atoms with Crippen molar-refractivity contribution in [1.29, 1.82) is 0 Å². The van der Waals surface area contributed by atoms with Crippen LogP contribution in [0.25, 0.3) is 0 Å². The highest BCUT2D eigenvalue weighted by Crippen LogP contribution is 2.08. The molecule has 2 nitrogen and oxygen atoms in total. The van der Waals surface area contributed by atoms with Crippen LogP contribution >= 0.6 is 0 Å². The Morgan fingerprint density at radius 1 is 0.950 bits per heavy atom. The summed E-state index contributed by atoms with van der Waals surface area (Å²) in [6.45, 7) is 3.31. The van der Waals surface area contributed by atoms with Crippen molar-refractivity contribution in [3.05, 3.63) is 71.3 Å². The van der Waals surface area contributed by atoms with E-state index in [0.717, 1.165) is 24.9 Å². The lowest BCUT2D eigenvalue weighted by atomic mass is 10.0. The summed E-state index contributed by atoms with van der Waals surface area (Å²) in [5.74, 6) is 0. The number of aliphatic hydroxyl groups excluding tert-OH is 1. The van der Waals surface area contributed by atoms with Crippen molar-refractivity contribution in [2.75, 3.05) is 6.54 Å². The molecule has 0 heterocycles. The highest BCUT2D eigenvalue weighted by Gasteiger charge is 2.03. The Morgan fingerprint density at radius 3 is 2.40 bits per heavy atom. The molecule has 0 aliphatic rings. The number of hydrogen-bond acceptors (Lipinski definition) is 2. The molecule has 0 unspecified atom stereocenters. The second-order valence-corrected chi connectivity index (χ2v) is 5.27. The van der Waals surface area contributed by atoms with Gasteiger partial charge in [0.15, 0.2) is 0 Å². The largest absolute Gasteiger partial charge is 0.392 e. The maximum absolute atomic E-state index is 9.15. The van der Waals surface area contributed by atoms with E-state index in [1.807, 2.05) is 18.2 Å². The van der Waals surface area contributed by atoms with Crippen LogP contribution < -0.4 is 5.32 Å². The van der Waals surface area contributed by atoms with Gasteiger partial charge in [0.05, 0.1) is 6.61 Å². The molecule has 0 radical (unpaired) electrons. The molecule has 0 aliphatic heterocycles. The number of benzene rings is 2. The maximum Gasteiger partial charge on any atom is 0.0681 e. The summed E-state index contributed by atoms with van der Waals surface area (Å²) in [5, 5.41) is 12.7. The van der Waals surface area contributed by atoms with Crippen molar-refractivity contribution in [3.63, 3.8) is 0 Å². The van der Waals surface area contributed by atoms with E-state index >= 15 is 0 Å². The molecule has 0 aromatic heterocycles. The standard InChI is InChI=1S/C18H23NO/c1-15(12-17-8-5-9-18(13-17)14-20)19-11-10-16-6-3-2-4-7-16/h2-9,13,15,19-20H,10-12,14H2,1H3/t15-/m1/s1. The fourth-order valence-electron chi connectivity index (χ4n) is 2.39. The van der Waals surface area contributed by atoms with Crippen molar-refractivity contribution >= 4 is 0 Å². The Kier molecular flexibility index (Phi) is 5.78. The van der Waals surface area contributed by atoms with Crippen LogP contribution in [-0.2, 0) is 19.4 Å². The van der Waals surface area contributed by atoms with Gasteiger partial charge < -0.3 is 10.4 Å². The molecular formula is C18H23NO. The third-order valence-corrected chi connectivity index (χ3v) is 3.47. The third kappa shape index (κ3) is 4.80. The molecule has 2 heteroatoms. The molecule has 2 rings (SSSR count). The van der Waals surface area contributed by atoms with E-state index in [1.165, 1.54) is 11.1 Å². The zero-order chi connectivity index (χ0) is 14.2. The molecule has 0 aliphatic carbocycles. The van der Waals surface area contributed by atoms with Gasteiger partial charge in [-0.25, -0.2) is 0 Å². The van der Waals surface area contributed by atoms with Crippen LogP contribution in [-0.4, -0.2) is 17.7 Å². The van der Waals surface area contributed by atoms with Gasteiger partial charge in [-0.1, -0.05) is 54.6 Å². The van der Waals surface area contributed by atoms with E-state index in [1.54, 1.807) is 0 Å². The summed E-state index contributed by atoms with van der Waals surface area (Å²) in [4.78, 5) is 0. The first-order valence-electron chi connectivity index (χ1n) is 7.24. The van der Waals surface area contributed by atoms with Gasteiger partial charge >= 0.3 is 0 Å². The summed E-state index contributed by atoms with van der Waals surface area (Å²) in [5.41, 5.74) is 3.63. The van der Waals surface area contributed by atoms with Gasteiger partial charge in [-0.2, -0.15) is 0 Å². The maximum atomic E-state index is 9.15. The zero-order valence-electron chi connectivity index (χ0n) is 12.0. The molecule has 0 amide bonds. The van der Waals surface area contributed by atoms with Crippen LogP contribution in [0.5, 0.6) is 0 Å². The molecule has 2 N–H and O–H groups in total. The number of nitrogens with one attached hydrogen (secondary N) is 1. The SMILES string of the molecule is C[C@H](Cc1cccc(CO)c1)NCCc1ccccc1. The van der Waals surface area contributed by atoms with Gasteiger partial charge in [-0.05, 0) is 43.0 Å². The normalized spacial score (nSPS) is 12.3. The lowest BCUT2D eigenvalue weighted by Crippen LogP contribution is -2.30. The predicted molar refractivity (Wildman–Crippen MR) is 83.7 cm³/mol. The second-order valence-electron chi connectivity index (χ2n) is 5.27. The minimum atomic E-state index is 0.115. The number of rotatable bonds is 7. The molecular weight excluding hydrogens is 246 g/mol. The van der Waals surface area contributed by atoms with E-state index in [0.29, 0.717) is 6.04 Å². The minimum absolute atomic E-state index is 0.115. The van der Waals surface area contributed by atoms with E-state index in [9.17, 15) is 0 Å². The quantitative estimate of drug-likeness (QED) is 0.810. The second kappa shape index (κ2) is 7.83. The fourth-order valence-corrected chi connectivity index (χ4v) is 2.39. The van der Waals surface area contributed by atoms with Crippen LogP contribution in [0.15, 0.2) is 54.6 Å². The smallest absolute Gasteiger partial charge is 0.0681 e. The van der Waals surface area contributed by atoms with E-state index < -0.39 is 0 Å². The summed E-state index contributed by atoms with van der Waals surface area (Å²) >= 11 is 0. The zero-order valence-corrected chi connectivity index (χ0v) is 12.0. The van der Waals surface area contributed by atoms with Gasteiger partial charge in [0.25, 0.3) is 0 Å². The van der Waals surface area contributed by atoms with Crippen LogP contribution in [0.4, 0.5) is 0 Å². The lowest BCUT2D eigenvalue weighted by Gasteiger charge is -2.14. The molecule has 0 fully saturated rings. The molecule has 2 aromatic rings. The van der Waals surface area contributed by atoms with E-state index in [-0.39, 0.29) is 6.61 Å². The van der Waals surface area contributed by atoms with Crippen molar-refractivity contribution < 1.29 is 5.11 Å². The van der Waals surface area contributed by atoms with Crippen LogP contribution in [0, 0.1) is 0 Å². The first-order valence-corrected chi connectivity index (χ1v) is 7.24. The number of aliphatic hydroxyl groups is 1. The van der Waals surface area contributed by atoms with Crippen LogP contribution in [0.1, 0.15) is 23.6 Å². The monoisotopic (exact) mass is 269 g/mol. The predicted octanol–water partition coefficient (Wildman–Crippen LogP) is 2.94. The van der Waals surface area contributed by atoms with Crippen LogP contribution in [0.2, 0.25) is 0 Å². The highest BCUT2D eigenvalue weighted by atomic mass is 16.3. The molecule has 0 spiro atoms. The van der Waals surface area contributed by atoms with E-state index in [2.05, 4.69) is 48.6 Å². The third-order valence-electron chi connectivity index (χ3n) is 3.47. The minimum Gasteiger partial charge on any atom is -0.392 e. The lowest BCUT2D eigenvalue weighted by molar-refractivity contribution is 0.281. The van der Waals surface area contributed by atoms with Gasteiger partial charge in [-0.3, -0.25) is 0 Å². The topological polar surface area (TPSA) is 32.3 Å². The van der Waals surface area contributed by atoms with Crippen molar-refractivity contribution in [2.45, 2.75) is 32.4 Å². The highest BCUT2D eigenvalue weighted by molar-refractivity contribution is 5.23. The Balaban J connectivity index is 1.76. The van der Waals surface area contributed by atoms with Crippen molar-refractivity contribution in [3.8, 4) is 0 Å². The Hall–Kier alpha value is -1.64. The van der Waals surface area contributed by atoms with E-state index in [4.69, 9.17) is 5.11 Å². The van der Waals surface area contributed by atoms with Gasteiger partial charge in [0.2, 0.25) is 0 Å². The summed E-state index contributed by atoms with van der Waals surface area (Å²) in [6.07, 6.45) is 2.05. The van der Waals surface area contributed by atoms with Gasteiger partial charge in [0, 0.05) is 6.04 Å². The van der Waals surface area contributed by atoms with Gasteiger partial charge in [-0.15, -0.1) is 0 Å². The average molecular weight is 269 g/mol. The van der Waals surface area contributed by atoms with Gasteiger partial charge in [0.1, 0.15) is 0 Å². The number of hydrogen-bond donors (Lipinski definition) is 2. The Labute approximate surface area is 121 Å². The molecule has 0 bridgehead atoms. The Morgan fingerprint density at radius 2 is 1.65 bits per heavy atom. The summed E-state index contributed by atoms with van der Waals surface area (Å²) < 4.78 is 0. The fraction of sp³-hybridized carbons (Fsp3) is 0.333. The van der Waals surface area contributed by atoms with Crippen molar-refractivity contribution in [2.24, 2.45) is 0 Å². The molecule has 0 saturated carbocycles. The average Bonchev–Trinajstić information content (AvgIpc) is 2.48. The first-order chi connectivity index (χ1) is 9.78. The molecule has 106 valence electrons. The summed E-state index contributed by atoms with van der Waals surface area (Å²) in [7, 11) is 0. The van der Waals surface area contributed by atoms with Crippen LogP contribution in [0.3, 0.4) is 0 Å². The van der Waals surface area contributed by atoms with Crippen molar-refractivity contribution in [1.82, 2.24) is 5.32 Å². The summed E-state index contributed by atoms with van der Waals surface area (Å²) in [6, 6.07) is 19.1. The Bertz CT molecular complexity index is 510. The molecule has 2 aromatic carbocycles. The molecule has 1 atom stereocenters. The molecule has 20 heavy (non-hydrogen) atoms. The molecule has 0 saturated heterocycles. The first kappa shape index (κ1) is 14.8.